The van der Waals surface area contributed by atoms with Crippen molar-refractivity contribution in [3.8, 4) is 0 Å². The highest BCUT2D eigenvalue weighted by atomic mass is 127. The van der Waals surface area contributed by atoms with E-state index in [-0.39, 0.29) is 11.9 Å². The highest BCUT2D eigenvalue weighted by Crippen LogP contribution is 2.09. The first-order valence-electron chi connectivity index (χ1n) is 4.40. The molecule has 1 N–H and O–H groups in total. The summed E-state index contributed by atoms with van der Waals surface area (Å²) in [7, 11) is 0. The molecule has 0 aliphatic carbocycles. The standard InChI is InChI=1S/C9H13IN2OS/c1-6(2)7(3-10)12-9(13)8-4-11-5-14-8/h4-7H,3H2,1-2H3,(H,12,13). The van der Waals surface area contributed by atoms with Crippen LogP contribution in [0.5, 0.6) is 0 Å². The average Bonchev–Trinajstić information content (AvgIpc) is 2.65. The molecule has 1 unspecified atom stereocenters. The molecule has 1 heterocycles. The van der Waals surface area contributed by atoms with Crippen LogP contribution in [-0.4, -0.2) is 21.4 Å². The van der Waals surface area contributed by atoms with Crippen molar-refractivity contribution >= 4 is 39.8 Å². The Kier molecular flexibility index (Phi) is 4.80. The summed E-state index contributed by atoms with van der Waals surface area (Å²) in [5.41, 5.74) is 1.67. The number of nitrogens with zero attached hydrogens (tertiary/aromatic N) is 1. The van der Waals surface area contributed by atoms with E-state index in [1.54, 1.807) is 11.7 Å². The van der Waals surface area contributed by atoms with Gasteiger partial charge in [0.1, 0.15) is 4.88 Å². The first kappa shape index (κ1) is 11.9. The van der Waals surface area contributed by atoms with Gasteiger partial charge in [0.05, 0.1) is 11.7 Å². The van der Waals surface area contributed by atoms with Gasteiger partial charge < -0.3 is 5.32 Å². The third-order valence-corrected chi connectivity index (χ3v) is 3.66. The number of halogens is 1. The molecule has 0 saturated carbocycles. The number of hydrogen-bond acceptors (Lipinski definition) is 3. The van der Waals surface area contributed by atoms with Gasteiger partial charge in [0.2, 0.25) is 0 Å². The van der Waals surface area contributed by atoms with E-state index in [0.717, 1.165) is 4.43 Å². The lowest BCUT2D eigenvalue weighted by Crippen LogP contribution is -2.39. The Hall–Kier alpha value is -0.170. The Morgan fingerprint density at radius 2 is 2.43 bits per heavy atom. The van der Waals surface area contributed by atoms with Crippen molar-refractivity contribution < 1.29 is 4.79 Å². The predicted octanol–water partition coefficient (Wildman–Crippen LogP) is 2.33. The molecule has 3 nitrogen and oxygen atoms in total. The van der Waals surface area contributed by atoms with Crippen LogP contribution in [0.2, 0.25) is 0 Å². The predicted molar refractivity (Wildman–Crippen MR) is 67.1 cm³/mol. The number of carbonyl (C=O) groups excluding carboxylic acids is 1. The summed E-state index contributed by atoms with van der Waals surface area (Å²) < 4.78 is 0.931. The maximum atomic E-state index is 11.6. The second-order valence-electron chi connectivity index (χ2n) is 3.34. The van der Waals surface area contributed by atoms with Gasteiger partial charge in [-0.2, -0.15) is 0 Å². The Balaban J connectivity index is 2.56. The second kappa shape index (κ2) is 5.65. The lowest BCUT2D eigenvalue weighted by atomic mass is 10.1. The summed E-state index contributed by atoms with van der Waals surface area (Å²) in [4.78, 5) is 16.2. The highest BCUT2D eigenvalue weighted by molar-refractivity contribution is 14.1. The Morgan fingerprint density at radius 3 is 2.86 bits per heavy atom. The largest absolute Gasteiger partial charge is 0.348 e. The third kappa shape index (κ3) is 3.20. The van der Waals surface area contributed by atoms with Gasteiger partial charge >= 0.3 is 0 Å². The van der Waals surface area contributed by atoms with E-state index in [1.165, 1.54) is 11.3 Å². The first-order chi connectivity index (χ1) is 6.65. The maximum absolute atomic E-state index is 11.6. The number of thiazole rings is 1. The minimum absolute atomic E-state index is 0.0112. The van der Waals surface area contributed by atoms with Crippen LogP contribution in [0.15, 0.2) is 11.7 Å². The van der Waals surface area contributed by atoms with Crippen LogP contribution >= 0.6 is 33.9 Å². The molecule has 14 heavy (non-hydrogen) atoms. The van der Waals surface area contributed by atoms with Gasteiger partial charge in [-0.05, 0) is 5.92 Å². The number of alkyl halides is 1. The Labute approximate surface area is 101 Å². The topological polar surface area (TPSA) is 42.0 Å². The van der Waals surface area contributed by atoms with Crippen molar-refractivity contribution in [2.24, 2.45) is 5.92 Å². The molecule has 0 bridgehead atoms. The van der Waals surface area contributed by atoms with E-state index in [1.807, 2.05) is 0 Å². The zero-order valence-corrected chi connectivity index (χ0v) is 11.1. The van der Waals surface area contributed by atoms with Crippen LogP contribution in [0, 0.1) is 5.92 Å². The molecule has 1 rings (SSSR count). The van der Waals surface area contributed by atoms with E-state index in [4.69, 9.17) is 0 Å². The minimum atomic E-state index is -0.0112. The van der Waals surface area contributed by atoms with Gasteiger partial charge in [0.25, 0.3) is 5.91 Å². The quantitative estimate of drug-likeness (QED) is 0.682. The second-order valence-corrected chi connectivity index (χ2v) is 5.11. The summed E-state index contributed by atoms with van der Waals surface area (Å²) in [6.07, 6.45) is 1.60. The summed E-state index contributed by atoms with van der Waals surface area (Å²) in [6, 6.07) is 0.241. The minimum Gasteiger partial charge on any atom is -0.348 e. The van der Waals surface area contributed by atoms with Crippen molar-refractivity contribution in [2.45, 2.75) is 19.9 Å². The van der Waals surface area contributed by atoms with Crippen molar-refractivity contribution in [1.29, 1.82) is 0 Å². The van der Waals surface area contributed by atoms with E-state index >= 15 is 0 Å². The lowest BCUT2D eigenvalue weighted by Gasteiger charge is -2.19. The van der Waals surface area contributed by atoms with E-state index in [9.17, 15) is 4.79 Å². The van der Waals surface area contributed by atoms with Gasteiger partial charge in [-0.1, -0.05) is 36.4 Å². The number of aromatic nitrogens is 1. The van der Waals surface area contributed by atoms with E-state index in [2.05, 4.69) is 46.7 Å². The SMILES string of the molecule is CC(C)C(CI)NC(=O)c1cncs1. The zero-order chi connectivity index (χ0) is 10.6. The number of amides is 1. The molecule has 0 aromatic carbocycles. The molecular weight excluding hydrogens is 311 g/mol. The van der Waals surface area contributed by atoms with Crippen LogP contribution in [-0.2, 0) is 0 Å². The normalized spacial score (nSPS) is 12.9. The summed E-state index contributed by atoms with van der Waals surface area (Å²) in [5.74, 6) is 0.451. The van der Waals surface area contributed by atoms with Crippen LogP contribution in [0.4, 0.5) is 0 Å². The number of carbonyl (C=O) groups is 1. The monoisotopic (exact) mass is 324 g/mol. The van der Waals surface area contributed by atoms with Crippen LogP contribution < -0.4 is 5.32 Å². The molecule has 1 aromatic rings. The maximum Gasteiger partial charge on any atom is 0.263 e. The molecule has 1 aromatic heterocycles. The molecule has 0 spiro atoms. The van der Waals surface area contributed by atoms with Gasteiger partial charge in [-0.3, -0.25) is 9.78 Å². The average molecular weight is 324 g/mol. The van der Waals surface area contributed by atoms with Gasteiger partial charge in [-0.15, -0.1) is 11.3 Å². The zero-order valence-electron chi connectivity index (χ0n) is 8.16. The van der Waals surface area contributed by atoms with Crippen molar-refractivity contribution in [2.75, 3.05) is 4.43 Å². The van der Waals surface area contributed by atoms with Crippen LogP contribution in [0.1, 0.15) is 23.5 Å². The summed E-state index contributed by atoms with van der Waals surface area (Å²) in [6.45, 7) is 4.21. The fraction of sp³-hybridized carbons (Fsp3) is 0.556. The van der Waals surface area contributed by atoms with E-state index < -0.39 is 0 Å². The van der Waals surface area contributed by atoms with Crippen molar-refractivity contribution in [3.63, 3.8) is 0 Å². The number of nitrogens with one attached hydrogen (secondary N) is 1. The van der Waals surface area contributed by atoms with Crippen molar-refractivity contribution in [1.82, 2.24) is 10.3 Å². The molecule has 78 valence electrons. The Bertz CT molecular complexity index is 287. The summed E-state index contributed by atoms with van der Waals surface area (Å²) >= 11 is 3.66. The van der Waals surface area contributed by atoms with Crippen LogP contribution in [0.3, 0.4) is 0 Å². The fourth-order valence-corrected chi connectivity index (χ4v) is 2.71. The van der Waals surface area contributed by atoms with Gasteiger partial charge in [0.15, 0.2) is 0 Å². The third-order valence-electron chi connectivity index (χ3n) is 1.94. The van der Waals surface area contributed by atoms with Gasteiger partial charge in [0, 0.05) is 10.5 Å². The Morgan fingerprint density at radius 1 is 1.71 bits per heavy atom. The fourth-order valence-electron chi connectivity index (χ4n) is 0.951. The molecule has 0 aliphatic rings. The van der Waals surface area contributed by atoms with Crippen molar-refractivity contribution in [3.05, 3.63) is 16.6 Å². The van der Waals surface area contributed by atoms with Crippen LogP contribution in [0.25, 0.3) is 0 Å². The highest BCUT2D eigenvalue weighted by Gasteiger charge is 2.16. The first-order valence-corrected chi connectivity index (χ1v) is 6.81. The molecule has 1 atom stereocenters. The smallest absolute Gasteiger partial charge is 0.263 e. The molecule has 0 fully saturated rings. The molecule has 1 amide bonds. The lowest BCUT2D eigenvalue weighted by molar-refractivity contribution is 0.0936. The van der Waals surface area contributed by atoms with E-state index in [0.29, 0.717) is 10.8 Å². The molecular formula is C9H13IN2OS. The molecule has 5 heteroatoms. The molecule has 0 saturated heterocycles. The summed E-state index contributed by atoms with van der Waals surface area (Å²) in [5, 5.41) is 2.99. The number of hydrogen-bond donors (Lipinski definition) is 1. The number of rotatable bonds is 4. The molecule has 0 radical (unpaired) electrons. The van der Waals surface area contributed by atoms with Gasteiger partial charge in [-0.25, -0.2) is 0 Å². The molecule has 0 aliphatic heterocycles.